The maximum absolute atomic E-state index is 11.0. The summed E-state index contributed by atoms with van der Waals surface area (Å²) in [7, 11) is 0. The number of aromatic nitrogens is 2. The lowest BCUT2D eigenvalue weighted by Gasteiger charge is -2.37. The molecule has 2 heterocycles. The highest BCUT2D eigenvalue weighted by Gasteiger charge is 2.30. The van der Waals surface area contributed by atoms with E-state index in [1.54, 1.807) is 17.9 Å². The van der Waals surface area contributed by atoms with E-state index in [0.29, 0.717) is 17.8 Å². The van der Waals surface area contributed by atoms with Crippen LogP contribution >= 0.6 is 0 Å². The first-order valence-electron chi connectivity index (χ1n) is 9.73. The smallest absolute Gasteiger partial charge is 0.267 e. The summed E-state index contributed by atoms with van der Waals surface area (Å²) in [4.78, 5) is 22.3. The highest BCUT2D eigenvalue weighted by molar-refractivity contribution is 5.90. The van der Waals surface area contributed by atoms with Gasteiger partial charge in [0.25, 0.3) is 5.91 Å². The van der Waals surface area contributed by atoms with Crippen molar-refractivity contribution in [1.29, 1.82) is 0 Å². The summed E-state index contributed by atoms with van der Waals surface area (Å²) < 4.78 is 0. The fourth-order valence-corrected chi connectivity index (χ4v) is 4.16. The van der Waals surface area contributed by atoms with Crippen molar-refractivity contribution in [3.05, 3.63) is 59.6 Å². The van der Waals surface area contributed by atoms with Crippen molar-refractivity contribution in [2.45, 2.75) is 37.8 Å². The number of likely N-dealkylation sites (tertiary alicyclic amines) is 1. The number of amides is 1. The van der Waals surface area contributed by atoms with Crippen LogP contribution in [0, 0.1) is 0 Å². The average molecular weight is 379 g/mol. The zero-order valence-electron chi connectivity index (χ0n) is 15.7. The highest BCUT2D eigenvalue weighted by atomic mass is 16.5. The zero-order chi connectivity index (χ0) is 19.3. The van der Waals surface area contributed by atoms with Gasteiger partial charge in [-0.25, -0.2) is 10.5 Å². The topological polar surface area (TPSA) is 90.4 Å². The molecule has 2 aromatic rings. The van der Waals surface area contributed by atoms with E-state index in [4.69, 9.17) is 5.21 Å². The van der Waals surface area contributed by atoms with Crippen LogP contribution in [0.3, 0.4) is 0 Å². The van der Waals surface area contributed by atoms with Gasteiger partial charge in [0.1, 0.15) is 5.82 Å². The first-order chi connectivity index (χ1) is 13.7. The van der Waals surface area contributed by atoms with E-state index in [1.807, 2.05) is 0 Å². The first kappa shape index (κ1) is 18.6. The minimum Gasteiger partial charge on any atom is -0.365 e. The Morgan fingerprint density at radius 3 is 2.64 bits per heavy atom. The molecule has 0 unspecified atom stereocenters. The summed E-state index contributed by atoms with van der Waals surface area (Å²) in [6.07, 6.45) is 10.6. The van der Waals surface area contributed by atoms with Crippen LogP contribution in [0.5, 0.6) is 0 Å². The number of carbonyl (C=O) groups excluding carboxylic acids is 1. The van der Waals surface area contributed by atoms with Crippen LogP contribution in [0.25, 0.3) is 6.08 Å². The lowest BCUT2D eigenvalue weighted by Crippen LogP contribution is -2.47. The number of nitrogens with zero attached hydrogens (tertiary/aromatic N) is 3. The lowest BCUT2D eigenvalue weighted by atomic mass is 10.0. The predicted octanol–water partition coefficient (Wildman–Crippen LogP) is 2.04. The van der Waals surface area contributed by atoms with Crippen LogP contribution < -0.4 is 10.8 Å². The van der Waals surface area contributed by atoms with Gasteiger partial charge in [-0.15, -0.1) is 0 Å². The number of fused-ring (bicyclic) bond motifs is 1. The fraction of sp³-hybridized carbons (Fsp3) is 0.381. The molecule has 2 aliphatic rings. The Hall–Kier alpha value is -2.77. The second kappa shape index (κ2) is 8.50. The van der Waals surface area contributed by atoms with E-state index in [0.717, 1.165) is 38.2 Å². The van der Waals surface area contributed by atoms with Gasteiger partial charge in [-0.3, -0.25) is 19.9 Å². The SMILES string of the molecule is O=C(/C=C/c1cnc(N[C@@H]2CCCN(C3Cc4ccccc4C3)C2)cn1)NO. The van der Waals surface area contributed by atoms with Crippen molar-refractivity contribution in [1.82, 2.24) is 20.3 Å². The van der Waals surface area contributed by atoms with Gasteiger partial charge in [0.15, 0.2) is 0 Å². The molecule has 0 spiro atoms. The Kier molecular flexibility index (Phi) is 5.64. The third-order valence-electron chi connectivity index (χ3n) is 5.54. The van der Waals surface area contributed by atoms with Crippen LogP contribution in [0.4, 0.5) is 5.82 Å². The molecule has 1 aliphatic carbocycles. The number of hydroxylamine groups is 1. The van der Waals surface area contributed by atoms with Crippen molar-refractivity contribution < 1.29 is 10.0 Å². The second-order valence-electron chi connectivity index (χ2n) is 7.45. The third-order valence-corrected chi connectivity index (χ3v) is 5.54. The number of rotatable bonds is 5. The monoisotopic (exact) mass is 379 g/mol. The molecule has 7 nitrogen and oxygen atoms in total. The number of carbonyl (C=O) groups is 1. The minimum atomic E-state index is -0.597. The Balaban J connectivity index is 1.33. The maximum atomic E-state index is 11.0. The molecule has 4 rings (SSSR count). The normalized spacial score (nSPS) is 20.2. The van der Waals surface area contributed by atoms with Crippen LogP contribution in [0.2, 0.25) is 0 Å². The number of hydrogen-bond donors (Lipinski definition) is 3. The summed E-state index contributed by atoms with van der Waals surface area (Å²) in [5, 5.41) is 12.0. The molecule has 1 aromatic heterocycles. The van der Waals surface area contributed by atoms with Crippen LogP contribution in [0.15, 0.2) is 42.7 Å². The van der Waals surface area contributed by atoms with Crippen LogP contribution in [-0.2, 0) is 17.6 Å². The number of anilines is 1. The highest BCUT2D eigenvalue weighted by Crippen LogP contribution is 2.27. The standard InChI is InChI=1S/C21H25N5O2/c27-21(25-28)8-7-17-12-23-20(13-22-17)24-18-6-3-9-26(14-18)19-10-15-4-1-2-5-16(15)11-19/h1-2,4-5,7-8,12-13,18-19,28H,3,6,9-11,14H2,(H,23,24)(H,25,27)/b8-7+/t18-/m1/s1. The predicted molar refractivity (Wildman–Crippen MR) is 107 cm³/mol. The van der Waals surface area contributed by atoms with E-state index in [9.17, 15) is 4.79 Å². The van der Waals surface area contributed by atoms with Gasteiger partial charge in [-0.2, -0.15) is 0 Å². The molecular weight excluding hydrogens is 354 g/mol. The van der Waals surface area contributed by atoms with E-state index in [-0.39, 0.29) is 0 Å². The van der Waals surface area contributed by atoms with E-state index < -0.39 is 5.91 Å². The molecule has 0 bridgehead atoms. The molecule has 1 fully saturated rings. The summed E-state index contributed by atoms with van der Waals surface area (Å²) in [6, 6.07) is 9.73. The molecule has 0 saturated carbocycles. The van der Waals surface area contributed by atoms with Gasteiger partial charge in [0, 0.05) is 24.7 Å². The average Bonchev–Trinajstić information content (AvgIpc) is 3.17. The van der Waals surface area contributed by atoms with E-state index >= 15 is 0 Å². The van der Waals surface area contributed by atoms with E-state index in [2.05, 4.69) is 44.5 Å². The molecule has 3 N–H and O–H groups in total. The molecule has 1 amide bonds. The van der Waals surface area contributed by atoms with Crippen molar-refractivity contribution in [3.63, 3.8) is 0 Å². The Labute approximate surface area is 164 Å². The molecule has 1 saturated heterocycles. The summed E-state index contributed by atoms with van der Waals surface area (Å²) in [6.45, 7) is 2.16. The number of nitrogens with one attached hydrogen (secondary N) is 2. The Bertz CT molecular complexity index is 827. The third kappa shape index (κ3) is 4.37. The summed E-state index contributed by atoms with van der Waals surface area (Å²) in [5.41, 5.74) is 5.09. The Morgan fingerprint density at radius 2 is 1.96 bits per heavy atom. The minimum absolute atomic E-state index is 0.355. The van der Waals surface area contributed by atoms with Crippen molar-refractivity contribution in [3.8, 4) is 0 Å². The Morgan fingerprint density at radius 1 is 1.18 bits per heavy atom. The van der Waals surface area contributed by atoms with E-state index in [1.165, 1.54) is 29.7 Å². The van der Waals surface area contributed by atoms with Crippen LogP contribution in [0.1, 0.15) is 29.7 Å². The van der Waals surface area contributed by atoms with Crippen molar-refractivity contribution >= 4 is 17.8 Å². The van der Waals surface area contributed by atoms with Crippen molar-refractivity contribution in [2.75, 3.05) is 18.4 Å². The van der Waals surface area contributed by atoms with Gasteiger partial charge >= 0.3 is 0 Å². The van der Waals surface area contributed by atoms with Gasteiger partial charge in [0.2, 0.25) is 0 Å². The number of piperidine rings is 1. The first-order valence-corrected chi connectivity index (χ1v) is 9.73. The van der Waals surface area contributed by atoms with Gasteiger partial charge in [-0.05, 0) is 49.4 Å². The molecule has 7 heteroatoms. The lowest BCUT2D eigenvalue weighted by molar-refractivity contribution is -0.124. The summed E-state index contributed by atoms with van der Waals surface area (Å²) in [5.74, 6) is 0.144. The van der Waals surface area contributed by atoms with Gasteiger partial charge in [-0.1, -0.05) is 24.3 Å². The van der Waals surface area contributed by atoms with Crippen LogP contribution in [-0.4, -0.2) is 51.2 Å². The molecule has 0 radical (unpaired) electrons. The molecule has 1 atom stereocenters. The largest absolute Gasteiger partial charge is 0.365 e. The maximum Gasteiger partial charge on any atom is 0.267 e. The van der Waals surface area contributed by atoms with Crippen molar-refractivity contribution in [2.24, 2.45) is 0 Å². The second-order valence-corrected chi connectivity index (χ2v) is 7.45. The molecule has 146 valence electrons. The molecule has 28 heavy (non-hydrogen) atoms. The fourth-order valence-electron chi connectivity index (χ4n) is 4.16. The summed E-state index contributed by atoms with van der Waals surface area (Å²) >= 11 is 0. The number of benzene rings is 1. The molecule has 1 aromatic carbocycles. The quantitative estimate of drug-likeness (QED) is 0.418. The number of hydrogen-bond acceptors (Lipinski definition) is 6. The van der Waals surface area contributed by atoms with Gasteiger partial charge in [0.05, 0.1) is 18.1 Å². The molecule has 1 aliphatic heterocycles. The van der Waals surface area contributed by atoms with Gasteiger partial charge < -0.3 is 5.32 Å². The molecular formula is C21H25N5O2. The zero-order valence-corrected chi connectivity index (χ0v) is 15.7.